The van der Waals surface area contributed by atoms with Crippen LogP contribution in [0.15, 0.2) is 17.1 Å². The van der Waals surface area contributed by atoms with Crippen molar-refractivity contribution in [1.82, 2.24) is 0 Å². The highest BCUT2D eigenvalue weighted by molar-refractivity contribution is 5.71. The maximum absolute atomic E-state index is 7.81. The number of nitriles is 1. The molecule has 0 aliphatic rings. The molecule has 7 heavy (non-hydrogen) atoms. The van der Waals surface area contributed by atoms with Crippen LogP contribution in [0, 0.1) is 11.5 Å². The summed E-state index contributed by atoms with van der Waals surface area (Å²) in [6.07, 6.45) is 6.57. The molecule has 0 heterocycles. The van der Waals surface area contributed by atoms with Crippen molar-refractivity contribution in [2.45, 2.75) is 6.92 Å². The summed E-state index contributed by atoms with van der Waals surface area (Å²) in [6, 6.07) is 0. The summed E-state index contributed by atoms with van der Waals surface area (Å²) in [4.78, 5) is 3.26. The largest absolute Gasteiger partial charge is 0.205 e. The second kappa shape index (κ2) is 4.90. The van der Waals surface area contributed by atoms with E-state index in [1.165, 1.54) is 6.21 Å². The molecule has 0 aromatic heterocycles. The SMILES string of the molecule is C/C=C\C=NC#N. The molecule has 0 rings (SSSR count). The van der Waals surface area contributed by atoms with E-state index in [1.807, 2.05) is 6.92 Å². The normalized spacial score (nSPS) is 10.3. The Morgan fingerprint density at radius 2 is 2.43 bits per heavy atom. The van der Waals surface area contributed by atoms with Gasteiger partial charge in [-0.15, -0.1) is 0 Å². The summed E-state index contributed by atoms with van der Waals surface area (Å²) in [6.45, 7) is 1.86. The molecule has 0 bridgehead atoms. The van der Waals surface area contributed by atoms with E-state index in [0.29, 0.717) is 0 Å². The summed E-state index contributed by atoms with van der Waals surface area (Å²) >= 11 is 0. The number of rotatable bonds is 1. The fourth-order valence-corrected chi connectivity index (χ4v) is 0.162. The highest BCUT2D eigenvalue weighted by atomic mass is 14.7. The second-order valence-electron chi connectivity index (χ2n) is 0.904. The first kappa shape index (κ1) is 5.90. The van der Waals surface area contributed by atoms with Crippen LogP contribution in [0.2, 0.25) is 0 Å². The molecule has 2 nitrogen and oxygen atoms in total. The van der Waals surface area contributed by atoms with Gasteiger partial charge in [0.1, 0.15) is 0 Å². The average Bonchev–Trinajstić information content (AvgIpc) is 1.69. The molecule has 0 fully saturated rings. The molecule has 36 valence electrons. The molecule has 0 unspecified atom stereocenters. The van der Waals surface area contributed by atoms with Gasteiger partial charge in [-0.1, -0.05) is 6.08 Å². The molecule has 0 spiro atoms. The Balaban J connectivity index is 3.33. The van der Waals surface area contributed by atoms with Crippen molar-refractivity contribution in [3.8, 4) is 6.19 Å². The van der Waals surface area contributed by atoms with Crippen LogP contribution in [0.3, 0.4) is 0 Å². The molecule has 0 aromatic rings. The number of hydrogen-bond donors (Lipinski definition) is 0. The molecule has 0 amide bonds. The van der Waals surface area contributed by atoms with Gasteiger partial charge < -0.3 is 0 Å². The summed E-state index contributed by atoms with van der Waals surface area (Å²) in [5.74, 6) is 0. The minimum Gasteiger partial charge on any atom is -0.182 e. The lowest BCUT2D eigenvalue weighted by Gasteiger charge is -1.60. The third kappa shape index (κ3) is 4.90. The monoisotopic (exact) mass is 94.1 g/mol. The lowest BCUT2D eigenvalue weighted by atomic mass is 10.6. The van der Waals surface area contributed by atoms with Gasteiger partial charge in [0.15, 0.2) is 0 Å². The summed E-state index contributed by atoms with van der Waals surface area (Å²) in [5, 5.41) is 7.81. The van der Waals surface area contributed by atoms with Gasteiger partial charge in [0.2, 0.25) is 6.19 Å². The van der Waals surface area contributed by atoms with Gasteiger partial charge in [-0.2, -0.15) is 10.3 Å². The van der Waals surface area contributed by atoms with Crippen molar-refractivity contribution in [1.29, 1.82) is 5.26 Å². The first-order chi connectivity index (χ1) is 3.41. The Kier molecular flexibility index (Phi) is 4.13. The lowest BCUT2D eigenvalue weighted by Crippen LogP contribution is -1.56. The lowest BCUT2D eigenvalue weighted by molar-refractivity contribution is 1.45. The highest BCUT2D eigenvalue weighted by Gasteiger charge is 1.55. The molecule has 0 aliphatic carbocycles. The van der Waals surface area contributed by atoms with Crippen molar-refractivity contribution in [3.05, 3.63) is 12.2 Å². The van der Waals surface area contributed by atoms with Gasteiger partial charge in [-0.05, 0) is 13.0 Å². The maximum Gasteiger partial charge on any atom is 0.205 e. The van der Waals surface area contributed by atoms with E-state index in [-0.39, 0.29) is 0 Å². The molecule has 0 saturated heterocycles. The second-order valence-corrected chi connectivity index (χ2v) is 0.904. The predicted octanol–water partition coefficient (Wildman–Crippen LogP) is 1.11. The highest BCUT2D eigenvalue weighted by Crippen LogP contribution is 1.62. The standard InChI is InChI=1S/C5H6N2/c1-2-3-4-7-5-6/h2-4H,1H3/b3-2-,7-4?. The van der Waals surface area contributed by atoms with Crippen LogP contribution in [-0.2, 0) is 0 Å². The average molecular weight is 94.1 g/mol. The molecule has 0 atom stereocenters. The number of aliphatic imine (C=N–C) groups is 1. The summed E-state index contributed by atoms with van der Waals surface area (Å²) in [5.41, 5.74) is 0. The van der Waals surface area contributed by atoms with Crippen molar-refractivity contribution < 1.29 is 0 Å². The molecular weight excluding hydrogens is 88.1 g/mol. The molecule has 0 aliphatic heterocycles. The molecule has 0 aromatic carbocycles. The van der Waals surface area contributed by atoms with Gasteiger partial charge in [-0.25, -0.2) is 0 Å². The molecule has 2 heteroatoms. The van der Waals surface area contributed by atoms with Gasteiger partial charge >= 0.3 is 0 Å². The minimum atomic E-state index is 1.44. The Morgan fingerprint density at radius 3 is 2.86 bits per heavy atom. The Labute approximate surface area is 42.8 Å². The van der Waals surface area contributed by atoms with Gasteiger partial charge in [-0.3, -0.25) is 0 Å². The Bertz CT molecular complexity index is 117. The van der Waals surface area contributed by atoms with E-state index in [2.05, 4.69) is 4.99 Å². The topological polar surface area (TPSA) is 36.1 Å². The zero-order chi connectivity index (χ0) is 5.54. The van der Waals surface area contributed by atoms with E-state index >= 15 is 0 Å². The van der Waals surface area contributed by atoms with Crippen LogP contribution in [0.25, 0.3) is 0 Å². The van der Waals surface area contributed by atoms with E-state index in [4.69, 9.17) is 5.26 Å². The third-order valence-electron chi connectivity index (χ3n) is 0.411. The van der Waals surface area contributed by atoms with Gasteiger partial charge in [0, 0.05) is 6.21 Å². The fraction of sp³-hybridized carbons (Fsp3) is 0.200. The number of hydrogen-bond acceptors (Lipinski definition) is 2. The maximum atomic E-state index is 7.81. The van der Waals surface area contributed by atoms with Crippen molar-refractivity contribution in [2.75, 3.05) is 0 Å². The van der Waals surface area contributed by atoms with E-state index < -0.39 is 0 Å². The van der Waals surface area contributed by atoms with Gasteiger partial charge in [0.05, 0.1) is 0 Å². The van der Waals surface area contributed by atoms with Crippen molar-refractivity contribution in [3.63, 3.8) is 0 Å². The van der Waals surface area contributed by atoms with Crippen LogP contribution >= 0.6 is 0 Å². The van der Waals surface area contributed by atoms with Crippen LogP contribution < -0.4 is 0 Å². The predicted molar refractivity (Wildman–Crippen MR) is 28.9 cm³/mol. The summed E-state index contributed by atoms with van der Waals surface area (Å²) < 4.78 is 0. The third-order valence-corrected chi connectivity index (χ3v) is 0.411. The smallest absolute Gasteiger partial charge is 0.182 e. The quantitative estimate of drug-likeness (QED) is 0.354. The molecular formula is C5H6N2. The van der Waals surface area contributed by atoms with Crippen LogP contribution in [0.1, 0.15) is 6.92 Å². The molecule has 0 radical (unpaired) electrons. The van der Waals surface area contributed by atoms with Crippen molar-refractivity contribution >= 4 is 6.21 Å². The zero-order valence-corrected chi connectivity index (χ0v) is 4.13. The van der Waals surface area contributed by atoms with Crippen LogP contribution in [-0.4, -0.2) is 6.21 Å². The zero-order valence-electron chi connectivity index (χ0n) is 4.13. The molecule has 0 saturated carbocycles. The molecule has 0 N–H and O–H groups in total. The first-order valence-corrected chi connectivity index (χ1v) is 1.95. The van der Waals surface area contributed by atoms with Crippen LogP contribution in [0.4, 0.5) is 0 Å². The van der Waals surface area contributed by atoms with Gasteiger partial charge in [0.25, 0.3) is 0 Å². The summed E-state index contributed by atoms with van der Waals surface area (Å²) in [7, 11) is 0. The van der Waals surface area contributed by atoms with Crippen molar-refractivity contribution in [2.24, 2.45) is 4.99 Å². The van der Waals surface area contributed by atoms with E-state index in [9.17, 15) is 0 Å². The Hall–Kier alpha value is -1.10. The van der Waals surface area contributed by atoms with E-state index in [1.54, 1.807) is 18.3 Å². The van der Waals surface area contributed by atoms with Crippen LogP contribution in [0.5, 0.6) is 0 Å². The number of allylic oxidation sites excluding steroid dienone is 2. The number of nitrogens with zero attached hydrogens (tertiary/aromatic N) is 2. The van der Waals surface area contributed by atoms with E-state index in [0.717, 1.165) is 0 Å². The fourth-order valence-electron chi connectivity index (χ4n) is 0.162. The first-order valence-electron chi connectivity index (χ1n) is 1.95. The minimum absolute atomic E-state index is 1.44. The Morgan fingerprint density at radius 1 is 1.71 bits per heavy atom.